The number of carbonyl (C=O) groups excluding carboxylic acids is 1. The molecule has 0 radical (unpaired) electrons. The van der Waals surface area contributed by atoms with Gasteiger partial charge in [-0.05, 0) is 30.5 Å². The van der Waals surface area contributed by atoms with Gasteiger partial charge in [-0.2, -0.15) is 4.31 Å². The van der Waals surface area contributed by atoms with E-state index in [1.807, 2.05) is 38.1 Å². The van der Waals surface area contributed by atoms with Crippen LogP contribution in [0.2, 0.25) is 5.02 Å². The van der Waals surface area contributed by atoms with E-state index in [0.717, 1.165) is 21.7 Å². The zero-order valence-electron chi connectivity index (χ0n) is 15.8. The number of nitrogens with zero attached hydrogens (tertiary/aromatic N) is 1. The van der Waals surface area contributed by atoms with Gasteiger partial charge >= 0.3 is 0 Å². The van der Waals surface area contributed by atoms with Gasteiger partial charge in [0.15, 0.2) is 0 Å². The molecule has 0 spiro atoms. The highest BCUT2D eigenvalue weighted by molar-refractivity contribution is 7.88. The van der Waals surface area contributed by atoms with Crippen LogP contribution in [-0.4, -0.2) is 31.4 Å². The number of aryl methyl sites for hydroxylation is 1. The van der Waals surface area contributed by atoms with Gasteiger partial charge in [-0.15, -0.1) is 0 Å². The first-order valence-electron chi connectivity index (χ1n) is 8.75. The molecule has 0 saturated carbocycles. The number of hydrogen-bond acceptors (Lipinski definition) is 3. The molecule has 2 rings (SSSR count). The van der Waals surface area contributed by atoms with Crippen molar-refractivity contribution in [1.29, 1.82) is 0 Å². The number of sulfonamides is 1. The predicted molar refractivity (Wildman–Crippen MR) is 109 cm³/mol. The minimum atomic E-state index is -3.57. The molecule has 0 aliphatic rings. The van der Waals surface area contributed by atoms with Crippen LogP contribution in [0.25, 0.3) is 0 Å². The zero-order chi connectivity index (χ0) is 20.0. The van der Waals surface area contributed by atoms with Crippen molar-refractivity contribution >= 4 is 27.5 Å². The summed E-state index contributed by atoms with van der Waals surface area (Å²) in [6.45, 7) is 3.77. The van der Waals surface area contributed by atoms with E-state index in [1.165, 1.54) is 0 Å². The number of benzene rings is 2. The molecule has 0 fully saturated rings. The third-order valence-corrected chi connectivity index (χ3v) is 5.88. The number of amides is 1. The van der Waals surface area contributed by atoms with Crippen LogP contribution in [0.1, 0.15) is 36.1 Å². The normalized spacial score (nSPS) is 12.8. The molecular weight excluding hydrogens is 384 g/mol. The second kappa shape index (κ2) is 9.35. The Hall–Kier alpha value is -1.89. The molecule has 1 amide bonds. The molecule has 0 aliphatic carbocycles. The Morgan fingerprint density at radius 2 is 1.78 bits per heavy atom. The maximum atomic E-state index is 12.5. The van der Waals surface area contributed by atoms with E-state index in [0.29, 0.717) is 17.0 Å². The van der Waals surface area contributed by atoms with Crippen LogP contribution in [0.5, 0.6) is 0 Å². The second-order valence-corrected chi connectivity index (χ2v) is 8.95. The lowest BCUT2D eigenvalue weighted by molar-refractivity contribution is -0.122. The summed E-state index contributed by atoms with van der Waals surface area (Å²) in [6, 6.07) is 14.8. The van der Waals surface area contributed by atoms with Crippen LogP contribution in [0.15, 0.2) is 48.5 Å². The number of carbonyl (C=O) groups is 1. The molecule has 0 heterocycles. The van der Waals surface area contributed by atoms with Crippen molar-refractivity contribution in [3.05, 3.63) is 70.2 Å². The van der Waals surface area contributed by atoms with Crippen LogP contribution in [0, 0.1) is 6.92 Å². The Kier molecular flexibility index (Phi) is 7.41. The van der Waals surface area contributed by atoms with Crippen LogP contribution in [0.3, 0.4) is 0 Å². The first kappa shape index (κ1) is 21.4. The Morgan fingerprint density at radius 3 is 2.33 bits per heavy atom. The summed E-state index contributed by atoms with van der Waals surface area (Å²) in [5.41, 5.74) is 2.79. The maximum absolute atomic E-state index is 12.5. The molecule has 2 aromatic rings. The van der Waals surface area contributed by atoms with Crippen LogP contribution in [0.4, 0.5) is 0 Å². The fourth-order valence-corrected chi connectivity index (χ4v) is 3.65. The molecule has 27 heavy (non-hydrogen) atoms. The van der Waals surface area contributed by atoms with Crippen molar-refractivity contribution < 1.29 is 13.2 Å². The zero-order valence-corrected chi connectivity index (χ0v) is 17.3. The van der Waals surface area contributed by atoms with Crippen molar-refractivity contribution in [2.75, 3.05) is 12.8 Å². The van der Waals surface area contributed by atoms with Crippen molar-refractivity contribution in [3.8, 4) is 0 Å². The third kappa shape index (κ3) is 6.34. The van der Waals surface area contributed by atoms with E-state index < -0.39 is 10.0 Å². The molecule has 5 nitrogen and oxygen atoms in total. The van der Waals surface area contributed by atoms with Gasteiger partial charge in [-0.25, -0.2) is 8.42 Å². The van der Waals surface area contributed by atoms with Gasteiger partial charge in [0.1, 0.15) is 0 Å². The largest absolute Gasteiger partial charge is 0.348 e. The van der Waals surface area contributed by atoms with Gasteiger partial charge in [0, 0.05) is 11.6 Å². The Balaban J connectivity index is 2.11. The Labute approximate surface area is 166 Å². The minimum absolute atomic E-state index is 0.0489. The summed E-state index contributed by atoms with van der Waals surface area (Å²) in [6.07, 6.45) is 1.80. The van der Waals surface area contributed by atoms with E-state index in [4.69, 9.17) is 11.6 Å². The highest BCUT2D eigenvalue weighted by Gasteiger charge is 2.23. The minimum Gasteiger partial charge on any atom is -0.348 e. The van der Waals surface area contributed by atoms with E-state index in [1.54, 1.807) is 24.3 Å². The Morgan fingerprint density at radius 1 is 1.15 bits per heavy atom. The fourth-order valence-electron chi connectivity index (χ4n) is 2.73. The van der Waals surface area contributed by atoms with Gasteiger partial charge in [-0.3, -0.25) is 4.79 Å². The summed E-state index contributed by atoms with van der Waals surface area (Å²) >= 11 is 6.13. The smallest absolute Gasteiger partial charge is 0.235 e. The van der Waals surface area contributed by atoms with E-state index in [2.05, 4.69) is 5.32 Å². The second-order valence-electron chi connectivity index (χ2n) is 6.56. The van der Waals surface area contributed by atoms with E-state index in [-0.39, 0.29) is 25.0 Å². The van der Waals surface area contributed by atoms with Crippen molar-refractivity contribution in [3.63, 3.8) is 0 Å². The van der Waals surface area contributed by atoms with Crippen LogP contribution in [-0.2, 0) is 21.4 Å². The van der Waals surface area contributed by atoms with Crippen molar-refractivity contribution in [2.45, 2.75) is 32.9 Å². The van der Waals surface area contributed by atoms with E-state index >= 15 is 0 Å². The van der Waals surface area contributed by atoms with Gasteiger partial charge < -0.3 is 5.32 Å². The molecule has 0 aromatic heterocycles. The number of nitrogens with one attached hydrogen (secondary N) is 1. The SMILES string of the molecule is CC[C@H](NC(=O)CN(Cc1ccccc1Cl)S(C)(=O)=O)c1ccc(C)cc1. The van der Waals surface area contributed by atoms with Crippen LogP contribution >= 0.6 is 11.6 Å². The topological polar surface area (TPSA) is 66.5 Å². The lowest BCUT2D eigenvalue weighted by Gasteiger charge is -2.23. The quantitative estimate of drug-likeness (QED) is 0.724. The highest BCUT2D eigenvalue weighted by atomic mass is 35.5. The molecule has 0 saturated heterocycles. The molecule has 0 unspecified atom stereocenters. The molecule has 7 heteroatoms. The number of rotatable bonds is 8. The van der Waals surface area contributed by atoms with Crippen molar-refractivity contribution in [1.82, 2.24) is 9.62 Å². The van der Waals surface area contributed by atoms with Crippen molar-refractivity contribution in [2.24, 2.45) is 0 Å². The summed E-state index contributed by atoms with van der Waals surface area (Å²) in [5.74, 6) is -0.347. The highest BCUT2D eigenvalue weighted by Crippen LogP contribution is 2.19. The molecule has 2 aromatic carbocycles. The maximum Gasteiger partial charge on any atom is 0.235 e. The molecule has 1 N–H and O–H groups in total. The Bertz CT molecular complexity index is 882. The lowest BCUT2D eigenvalue weighted by Crippen LogP contribution is -2.41. The van der Waals surface area contributed by atoms with Gasteiger partial charge in [0.2, 0.25) is 15.9 Å². The first-order chi connectivity index (χ1) is 12.7. The predicted octanol–water partition coefficient (Wildman–Crippen LogP) is 3.68. The molecule has 0 aliphatic heterocycles. The average Bonchev–Trinajstić information content (AvgIpc) is 2.61. The molecule has 146 valence electrons. The molecule has 0 bridgehead atoms. The summed E-state index contributed by atoms with van der Waals surface area (Å²) < 4.78 is 25.4. The van der Waals surface area contributed by atoms with Gasteiger partial charge in [0.25, 0.3) is 0 Å². The first-order valence-corrected chi connectivity index (χ1v) is 11.0. The number of hydrogen-bond donors (Lipinski definition) is 1. The van der Waals surface area contributed by atoms with Gasteiger partial charge in [0.05, 0.1) is 18.8 Å². The molecule has 1 atom stereocenters. The average molecular weight is 409 g/mol. The summed E-state index contributed by atoms with van der Waals surface area (Å²) in [7, 11) is -3.57. The lowest BCUT2D eigenvalue weighted by atomic mass is 10.0. The summed E-state index contributed by atoms with van der Waals surface area (Å²) in [5, 5.41) is 3.40. The third-order valence-electron chi connectivity index (χ3n) is 4.32. The number of halogens is 1. The molecular formula is C20H25ClN2O3S. The van der Waals surface area contributed by atoms with Crippen LogP contribution < -0.4 is 5.32 Å². The fraction of sp³-hybridized carbons (Fsp3) is 0.350. The van der Waals surface area contributed by atoms with Gasteiger partial charge in [-0.1, -0.05) is 66.6 Å². The van der Waals surface area contributed by atoms with E-state index in [9.17, 15) is 13.2 Å². The standard InChI is InChI=1S/C20H25ClN2O3S/c1-4-19(16-11-9-15(2)10-12-16)22-20(24)14-23(27(3,25)26)13-17-7-5-6-8-18(17)21/h5-12,19H,4,13-14H2,1-3H3,(H,22,24)/t19-/m0/s1. The monoisotopic (exact) mass is 408 g/mol. The summed E-state index contributed by atoms with van der Waals surface area (Å²) in [4.78, 5) is 12.5.